The van der Waals surface area contributed by atoms with Gasteiger partial charge in [-0.1, -0.05) is 18.2 Å². The summed E-state index contributed by atoms with van der Waals surface area (Å²) >= 11 is 0. The number of hydrogen-bond acceptors (Lipinski definition) is 6. The smallest absolute Gasteiger partial charge is 0.239 e. The van der Waals surface area contributed by atoms with Gasteiger partial charge in [0, 0.05) is 51.5 Å². The molecule has 1 aromatic rings. The van der Waals surface area contributed by atoms with Gasteiger partial charge < -0.3 is 25.4 Å². The van der Waals surface area contributed by atoms with Gasteiger partial charge in [-0.15, -0.1) is 0 Å². The Hall–Kier alpha value is -1.67. The number of morpholine rings is 1. The molecule has 7 heteroatoms. The van der Waals surface area contributed by atoms with Crippen molar-refractivity contribution in [3.05, 3.63) is 30.3 Å². The summed E-state index contributed by atoms with van der Waals surface area (Å²) in [4.78, 5) is 16.8. The summed E-state index contributed by atoms with van der Waals surface area (Å²) in [5.74, 6) is -0.0540. The van der Waals surface area contributed by atoms with E-state index in [1.807, 2.05) is 18.2 Å². The average Bonchev–Trinajstić information content (AvgIpc) is 2.68. The molecule has 2 fully saturated rings. The Kier molecular flexibility index (Phi) is 6.63. The first-order valence-corrected chi connectivity index (χ1v) is 9.01. The first-order chi connectivity index (χ1) is 12.2. The van der Waals surface area contributed by atoms with Crippen molar-refractivity contribution < 1.29 is 14.6 Å². The Morgan fingerprint density at radius 1 is 1.28 bits per heavy atom. The van der Waals surface area contributed by atoms with Crippen LogP contribution in [0.25, 0.3) is 0 Å². The standard InChI is InChI=1S/C18H28N4O3/c23-16(13-21-8-10-25-11-9-21)12-20-18(24)17-14-22(7-6-19-17)15-4-2-1-3-5-15/h1-5,16-17,19,23H,6-14H2,(H,20,24)/t16-,17?/m1/s1. The molecule has 0 radical (unpaired) electrons. The molecule has 2 aliphatic rings. The lowest BCUT2D eigenvalue weighted by Gasteiger charge is -2.34. The van der Waals surface area contributed by atoms with Crippen molar-refractivity contribution >= 4 is 11.6 Å². The normalized spacial score (nSPS) is 23.2. The summed E-state index contributed by atoms with van der Waals surface area (Å²) in [6, 6.07) is 9.87. The number of nitrogens with one attached hydrogen (secondary N) is 2. The Morgan fingerprint density at radius 3 is 2.80 bits per heavy atom. The number of carbonyl (C=O) groups is 1. The molecular weight excluding hydrogens is 320 g/mol. The Balaban J connectivity index is 1.42. The van der Waals surface area contributed by atoms with Gasteiger partial charge in [0.25, 0.3) is 0 Å². The first kappa shape index (κ1) is 18.1. The van der Waals surface area contributed by atoms with E-state index in [0.29, 0.717) is 26.3 Å². The topological polar surface area (TPSA) is 77.1 Å². The maximum Gasteiger partial charge on any atom is 0.239 e. The fourth-order valence-electron chi connectivity index (χ4n) is 3.29. The lowest BCUT2D eigenvalue weighted by molar-refractivity contribution is -0.123. The molecule has 0 spiro atoms. The van der Waals surface area contributed by atoms with Gasteiger partial charge in [0.05, 0.1) is 19.3 Å². The molecule has 3 rings (SSSR count). The number of carbonyl (C=O) groups excluding carboxylic acids is 1. The van der Waals surface area contributed by atoms with E-state index in [0.717, 1.165) is 31.9 Å². The second-order valence-corrected chi connectivity index (χ2v) is 6.60. The maximum absolute atomic E-state index is 12.4. The number of anilines is 1. The largest absolute Gasteiger partial charge is 0.390 e. The summed E-state index contributed by atoms with van der Waals surface area (Å²) in [5, 5.41) is 16.3. The van der Waals surface area contributed by atoms with Crippen molar-refractivity contribution in [2.45, 2.75) is 12.1 Å². The van der Waals surface area contributed by atoms with Crippen molar-refractivity contribution in [2.75, 3.05) is 63.9 Å². The third kappa shape index (κ3) is 5.40. The van der Waals surface area contributed by atoms with E-state index in [9.17, 15) is 9.90 Å². The van der Waals surface area contributed by atoms with E-state index in [1.54, 1.807) is 0 Å². The molecule has 1 unspecified atom stereocenters. The molecule has 138 valence electrons. The van der Waals surface area contributed by atoms with Gasteiger partial charge in [0.2, 0.25) is 5.91 Å². The second kappa shape index (κ2) is 9.15. The van der Waals surface area contributed by atoms with Crippen LogP contribution in [0.2, 0.25) is 0 Å². The summed E-state index contributed by atoms with van der Waals surface area (Å²) in [6.45, 7) is 6.22. The molecule has 0 aromatic heterocycles. The lowest BCUT2D eigenvalue weighted by Crippen LogP contribution is -2.58. The highest BCUT2D eigenvalue weighted by atomic mass is 16.5. The molecule has 0 bridgehead atoms. The summed E-state index contributed by atoms with van der Waals surface area (Å²) < 4.78 is 5.30. The fraction of sp³-hybridized carbons (Fsp3) is 0.611. The molecule has 1 aromatic carbocycles. The number of aliphatic hydroxyl groups excluding tert-OH is 1. The third-order valence-electron chi connectivity index (χ3n) is 4.70. The van der Waals surface area contributed by atoms with Gasteiger partial charge in [0.15, 0.2) is 0 Å². The molecule has 2 atom stereocenters. The first-order valence-electron chi connectivity index (χ1n) is 9.01. The summed E-state index contributed by atoms with van der Waals surface area (Å²) in [6.07, 6.45) is -0.559. The van der Waals surface area contributed by atoms with Gasteiger partial charge in [-0.3, -0.25) is 9.69 Å². The van der Waals surface area contributed by atoms with Crippen LogP contribution in [0.4, 0.5) is 5.69 Å². The van der Waals surface area contributed by atoms with Crippen molar-refractivity contribution in [3.63, 3.8) is 0 Å². The SMILES string of the molecule is O=C(NC[C@@H](O)CN1CCOCC1)C1CN(c2ccccc2)CCN1. The quantitative estimate of drug-likeness (QED) is 0.630. The summed E-state index contributed by atoms with van der Waals surface area (Å²) in [7, 11) is 0. The zero-order valence-electron chi connectivity index (χ0n) is 14.6. The minimum absolute atomic E-state index is 0.0540. The lowest BCUT2D eigenvalue weighted by atomic mass is 10.1. The van der Waals surface area contributed by atoms with Crippen molar-refractivity contribution in [2.24, 2.45) is 0 Å². The average molecular weight is 348 g/mol. The van der Waals surface area contributed by atoms with E-state index < -0.39 is 6.10 Å². The second-order valence-electron chi connectivity index (χ2n) is 6.60. The van der Waals surface area contributed by atoms with Crippen LogP contribution in [0.3, 0.4) is 0 Å². The molecule has 0 saturated carbocycles. The number of β-amino-alcohol motifs (C(OH)–C–C–N with tert-alkyl or cyclic N) is 1. The summed E-state index contributed by atoms with van der Waals surface area (Å²) in [5.41, 5.74) is 1.13. The van der Waals surface area contributed by atoms with Crippen molar-refractivity contribution in [1.82, 2.24) is 15.5 Å². The van der Waals surface area contributed by atoms with Gasteiger partial charge >= 0.3 is 0 Å². The number of amides is 1. The molecule has 0 aliphatic carbocycles. The predicted octanol–water partition coefficient (Wildman–Crippen LogP) is -0.726. The predicted molar refractivity (Wildman–Crippen MR) is 96.7 cm³/mol. The number of ether oxygens (including phenoxy) is 1. The molecule has 1 amide bonds. The van der Waals surface area contributed by atoms with Gasteiger partial charge in [-0.25, -0.2) is 0 Å². The number of nitrogens with zero attached hydrogens (tertiary/aromatic N) is 2. The highest BCUT2D eigenvalue weighted by molar-refractivity contribution is 5.82. The third-order valence-corrected chi connectivity index (χ3v) is 4.70. The van der Waals surface area contributed by atoms with Gasteiger partial charge in [0.1, 0.15) is 6.04 Å². The van der Waals surface area contributed by atoms with Crippen LogP contribution in [0.5, 0.6) is 0 Å². The van der Waals surface area contributed by atoms with Crippen LogP contribution >= 0.6 is 0 Å². The van der Waals surface area contributed by atoms with Crippen LogP contribution in [0.1, 0.15) is 0 Å². The molecule has 2 heterocycles. The molecule has 2 saturated heterocycles. The van der Waals surface area contributed by atoms with Crippen molar-refractivity contribution in [1.29, 1.82) is 0 Å². The van der Waals surface area contributed by atoms with Crippen LogP contribution < -0.4 is 15.5 Å². The van der Waals surface area contributed by atoms with Gasteiger partial charge in [-0.2, -0.15) is 0 Å². The minimum Gasteiger partial charge on any atom is -0.390 e. The van der Waals surface area contributed by atoms with Crippen LogP contribution in [0, 0.1) is 0 Å². The number of hydrogen-bond donors (Lipinski definition) is 3. The number of rotatable bonds is 6. The zero-order valence-corrected chi connectivity index (χ0v) is 14.6. The molecular formula is C18H28N4O3. The van der Waals surface area contributed by atoms with Gasteiger partial charge in [-0.05, 0) is 12.1 Å². The number of piperazine rings is 1. The molecule has 3 N–H and O–H groups in total. The number of benzene rings is 1. The van der Waals surface area contributed by atoms with E-state index in [4.69, 9.17) is 4.74 Å². The van der Waals surface area contributed by atoms with E-state index >= 15 is 0 Å². The Bertz CT molecular complexity index is 536. The van der Waals surface area contributed by atoms with Crippen LogP contribution in [-0.2, 0) is 9.53 Å². The van der Waals surface area contributed by atoms with Crippen molar-refractivity contribution in [3.8, 4) is 0 Å². The minimum atomic E-state index is -0.559. The van der Waals surface area contributed by atoms with E-state index in [-0.39, 0.29) is 18.5 Å². The monoisotopic (exact) mass is 348 g/mol. The van der Waals surface area contributed by atoms with Crippen LogP contribution in [0.15, 0.2) is 30.3 Å². The number of para-hydroxylation sites is 1. The zero-order chi connectivity index (χ0) is 17.5. The molecule has 25 heavy (non-hydrogen) atoms. The van der Waals surface area contributed by atoms with E-state index in [1.165, 1.54) is 0 Å². The molecule has 2 aliphatic heterocycles. The van der Waals surface area contributed by atoms with Crippen LogP contribution in [-0.4, -0.2) is 87.1 Å². The Morgan fingerprint density at radius 2 is 2.04 bits per heavy atom. The highest BCUT2D eigenvalue weighted by Crippen LogP contribution is 2.15. The van der Waals surface area contributed by atoms with E-state index in [2.05, 4.69) is 32.6 Å². The molecule has 7 nitrogen and oxygen atoms in total. The number of aliphatic hydroxyl groups is 1. The fourth-order valence-corrected chi connectivity index (χ4v) is 3.29. The Labute approximate surface area is 148 Å². The highest BCUT2D eigenvalue weighted by Gasteiger charge is 2.26. The maximum atomic E-state index is 12.4.